The summed E-state index contributed by atoms with van der Waals surface area (Å²) < 4.78 is 3.33. The first-order chi connectivity index (χ1) is 16.2. The van der Waals surface area contributed by atoms with Crippen molar-refractivity contribution in [3.8, 4) is 0 Å². The smallest absolute Gasteiger partial charge is 0.305 e. The van der Waals surface area contributed by atoms with E-state index >= 15 is 0 Å². The highest BCUT2D eigenvalue weighted by Gasteiger charge is 2.34. The van der Waals surface area contributed by atoms with Crippen LogP contribution in [0.15, 0.2) is 42.5 Å². The summed E-state index contributed by atoms with van der Waals surface area (Å²) in [6.07, 6.45) is 14.9. The molecular formula is C27H39Cl3O4. The quantitative estimate of drug-likeness (QED) is 0.0679. The first-order valence-corrected chi connectivity index (χ1v) is 13.5. The molecule has 1 atom stereocenters. The molecule has 0 heterocycles. The number of alkyl halides is 3. The molecule has 0 bridgehead atoms. The zero-order chi connectivity index (χ0) is 25.3. The molecule has 4 nitrogen and oxygen atoms in total. The van der Waals surface area contributed by atoms with Gasteiger partial charge in [0.2, 0.25) is 3.79 Å². The van der Waals surface area contributed by atoms with E-state index in [9.17, 15) is 14.7 Å². The highest BCUT2D eigenvalue weighted by molar-refractivity contribution is 6.67. The lowest BCUT2D eigenvalue weighted by atomic mass is 9.84. The Labute approximate surface area is 220 Å². The summed E-state index contributed by atoms with van der Waals surface area (Å²) in [5, 5.41) is 11.2. The molecule has 0 aromatic heterocycles. The fourth-order valence-corrected chi connectivity index (χ4v) is 3.87. The normalized spacial score (nSPS) is 13.7. The number of ether oxygens (including phenoxy) is 1. The van der Waals surface area contributed by atoms with Gasteiger partial charge >= 0.3 is 5.97 Å². The third-order valence-corrected chi connectivity index (χ3v) is 6.00. The number of hydrogen-bond acceptors (Lipinski definition) is 4. The van der Waals surface area contributed by atoms with Crippen LogP contribution in [0.4, 0.5) is 0 Å². The lowest BCUT2D eigenvalue weighted by molar-refractivity contribution is -0.143. The second kappa shape index (κ2) is 17.4. The number of aliphatic hydroxyl groups is 1. The number of rotatable bonds is 18. The SMILES string of the molecule is CCCCCC[C@@](O)(C/C=C\CCCCCCCC(=O)OCC(Cl)(Cl)Cl)C(=O)c1ccccc1. The first-order valence-electron chi connectivity index (χ1n) is 12.4. The van der Waals surface area contributed by atoms with Crippen molar-refractivity contribution in [1.82, 2.24) is 0 Å². The van der Waals surface area contributed by atoms with Gasteiger partial charge in [-0.25, -0.2) is 0 Å². The summed E-state index contributed by atoms with van der Waals surface area (Å²) in [6, 6.07) is 9.06. The number of allylic oxidation sites excluding steroid dienone is 1. The fourth-order valence-electron chi connectivity index (χ4n) is 3.70. The lowest BCUT2D eigenvalue weighted by Gasteiger charge is -2.25. The number of esters is 1. The fraction of sp³-hybridized carbons (Fsp3) is 0.630. The molecule has 0 spiro atoms. The maximum absolute atomic E-state index is 13.0. The average Bonchev–Trinajstić information content (AvgIpc) is 2.81. The van der Waals surface area contributed by atoms with Crippen molar-refractivity contribution in [1.29, 1.82) is 0 Å². The molecule has 0 saturated heterocycles. The Morgan fingerprint density at radius 1 is 0.912 bits per heavy atom. The predicted octanol–water partition coefficient (Wildman–Crippen LogP) is 8.16. The van der Waals surface area contributed by atoms with Crippen LogP contribution in [0, 0.1) is 0 Å². The largest absolute Gasteiger partial charge is 0.461 e. The number of halogens is 3. The van der Waals surface area contributed by atoms with E-state index in [1.54, 1.807) is 12.1 Å². The van der Waals surface area contributed by atoms with Gasteiger partial charge in [-0.1, -0.05) is 129 Å². The van der Waals surface area contributed by atoms with E-state index < -0.39 is 9.39 Å². The van der Waals surface area contributed by atoms with Gasteiger partial charge in [-0.2, -0.15) is 0 Å². The van der Waals surface area contributed by atoms with Gasteiger partial charge in [0.1, 0.15) is 12.2 Å². The molecule has 0 aliphatic carbocycles. The Morgan fingerprint density at radius 2 is 1.56 bits per heavy atom. The Morgan fingerprint density at radius 3 is 2.24 bits per heavy atom. The number of unbranched alkanes of at least 4 members (excludes halogenated alkanes) is 8. The topological polar surface area (TPSA) is 63.6 Å². The van der Waals surface area contributed by atoms with E-state index in [1.165, 1.54) is 0 Å². The van der Waals surface area contributed by atoms with Gasteiger partial charge in [0.05, 0.1) is 0 Å². The van der Waals surface area contributed by atoms with Crippen molar-refractivity contribution in [3.63, 3.8) is 0 Å². The van der Waals surface area contributed by atoms with Crippen molar-refractivity contribution in [2.45, 2.75) is 99.8 Å². The number of benzene rings is 1. The van der Waals surface area contributed by atoms with Crippen LogP contribution in [-0.4, -0.2) is 32.9 Å². The van der Waals surface area contributed by atoms with Crippen LogP contribution in [0.5, 0.6) is 0 Å². The van der Waals surface area contributed by atoms with E-state index in [2.05, 4.69) is 13.0 Å². The van der Waals surface area contributed by atoms with E-state index in [0.717, 1.165) is 64.2 Å². The van der Waals surface area contributed by atoms with Gasteiger partial charge in [0, 0.05) is 18.4 Å². The van der Waals surface area contributed by atoms with Crippen molar-refractivity contribution in [2.24, 2.45) is 0 Å². The Bertz CT molecular complexity index is 731. The zero-order valence-corrected chi connectivity index (χ0v) is 22.5. The molecule has 1 N–H and O–H groups in total. The minimum absolute atomic E-state index is 0.193. The number of ketones is 1. The molecule has 1 aromatic rings. The zero-order valence-electron chi connectivity index (χ0n) is 20.2. The van der Waals surface area contributed by atoms with Gasteiger partial charge in [0.15, 0.2) is 5.78 Å². The molecule has 0 aliphatic rings. The van der Waals surface area contributed by atoms with E-state index in [1.807, 2.05) is 24.3 Å². The van der Waals surface area contributed by atoms with Gasteiger partial charge < -0.3 is 9.84 Å². The van der Waals surface area contributed by atoms with Crippen molar-refractivity contribution < 1.29 is 19.4 Å². The Kier molecular flexibility index (Phi) is 15.8. The maximum Gasteiger partial charge on any atom is 0.305 e. The summed E-state index contributed by atoms with van der Waals surface area (Å²) in [5.74, 6) is -0.539. The van der Waals surface area contributed by atoms with Crippen LogP contribution < -0.4 is 0 Å². The minimum atomic E-state index is -1.57. The lowest BCUT2D eigenvalue weighted by Crippen LogP contribution is -2.38. The summed E-state index contributed by atoms with van der Waals surface area (Å²) in [6.45, 7) is 1.92. The van der Waals surface area contributed by atoms with Gasteiger partial charge in [0.25, 0.3) is 0 Å². The molecule has 1 rings (SSSR count). The minimum Gasteiger partial charge on any atom is -0.461 e. The number of carbonyl (C=O) groups excluding carboxylic acids is 2. The van der Waals surface area contributed by atoms with Crippen LogP contribution in [0.1, 0.15) is 101 Å². The van der Waals surface area contributed by atoms with Crippen LogP contribution in [0.2, 0.25) is 0 Å². The molecule has 0 amide bonds. The Balaban J connectivity index is 2.31. The molecular weight excluding hydrogens is 495 g/mol. The third kappa shape index (κ3) is 14.4. The molecule has 7 heteroatoms. The van der Waals surface area contributed by atoms with Crippen LogP contribution in [-0.2, 0) is 9.53 Å². The maximum atomic E-state index is 13.0. The molecule has 0 unspecified atom stereocenters. The Hall–Kier alpha value is -1.07. The van der Waals surface area contributed by atoms with E-state index in [0.29, 0.717) is 24.8 Å². The molecule has 0 saturated carbocycles. The molecule has 0 fully saturated rings. The summed E-state index contributed by atoms with van der Waals surface area (Å²) in [4.78, 5) is 24.6. The van der Waals surface area contributed by atoms with Crippen LogP contribution in [0.25, 0.3) is 0 Å². The second-order valence-corrected chi connectivity index (χ2v) is 11.3. The second-order valence-electron chi connectivity index (χ2n) is 8.80. The van der Waals surface area contributed by atoms with Gasteiger partial charge in [-0.15, -0.1) is 0 Å². The van der Waals surface area contributed by atoms with Gasteiger partial charge in [-0.05, 0) is 25.7 Å². The number of carbonyl (C=O) groups is 2. The van der Waals surface area contributed by atoms with Crippen molar-refractivity contribution in [2.75, 3.05) is 6.61 Å². The molecule has 34 heavy (non-hydrogen) atoms. The molecule has 0 radical (unpaired) electrons. The number of hydrogen-bond donors (Lipinski definition) is 1. The van der Waals surface area contributed by atoms with Crippen LogP contribution >= 0.6 is 34.8 Å². The van der Waals surface area contributed by atoms with Crippen molar-refractivity contribution >= 4 is 46.6 Å². The summed E-state index contributed by atoms with van der Waals surface area (Å²) >= 11 is 16.7. The molecule has 192 valence electrons. The average molecular weight is 534 g/mol. The van der Waals surface area contributed by atoms with E-state index in [4.69, 9.17) is 39.5 Å². The monoisotopic (exact) mass is 532 g/mol. The predicted molar refractivity (Wildman–Crippen MR) is 142 cm³/mol. The third-order valence-electron chi connectivity index (χ3n) is 5.67. The van der Waals surface area contributed by atoms with Crippen LogP contribution in [0.3, 0.4) is 0 Å². The number of Topliss-reactive ketones (excluding diaryl/α,β-unsaturated/α-hetero) is 1. The molecule has 1 aromatic carbocycles. The highest BCUT2D eigenvalue weighted by atomic mass is 35.6. The molecule has 0 aliphatic heterocycles. The van der Waals surface area contributed by atoms with Crippen molar-refractivity contribution in [3.05, 3.63) is 48.0 Å². The standard InChI is InChI=1S/C27H39Cl3O4/c1-2-3-4-15-20-26(33,25(32)23-17-12-11-13-18-23)21-16-10-8-6-5-7-9-14-19-24(31)34-22-27(28,29)30/h10-13,16-18,33H,2-9,14-15,19-22H2,1H3/b16-10-/t26-/m1/s1. The summed E-state index contributed by atoms with van der Waals surface area (Å²) in [7, 11) is 0. The first kappa shape index (κ1) is 31.0. The van der Waals surface area contributed by atoms with E-state index in [-0.39, 0.29) is 18.4 Å². The van der Waals surface area contributed by atoms with Gasteiger partial charge in [-0.3, -0.25) is 9.59 Å². The summed E-state index contributed by atoms with van der Waals surface area (Å²) in [5.41, 5.74) is -0.791. The highest BCUT2D eigenvalue weighted by Crippen LogP contribution is 2.27.